The third kappa shape index (κ3) is 4.86. The highest BCUT2D eigenvalue weighted by Crippen LogP contribution is 2.34. The molecule has 1 N–H and O–H groups in total. The van der Waals surface area contributed by atoms with E-state index in [2.05, 4.69) is 56.6 Å². The van der Waals surface area contributed by atoms with Crippen molar-refractivity contribution >= 4 is 28.2 Å². The van der Waals surface area contributed by atoms with Crippen molar-refractivity contribution in [1.82, 2.24) is 10.3 Å². The van der Waals surface area contributed by atoms with Gasteiger partial charge in [0.25, 0.3) is 0 Å². The van der Waals surface area contributed by atoms with E-state index in [9.17, 15) is 0 Å². The molecule has 0 amide bonds. The first-order valence-electron chi connectivity index (χ1n) is 8.02. The van der Waals surface area contributed by atoms with E-state index in [1.165, 1.54) is 27.9 Å². The lowest BCUT2D eigenvalue weighted by Crippen LogP contribution is -2.26. The molecule has 2 rings (SSSR count). The summed E-state index contributed by atoms with van der Waals surface area (Å²) in [5.74, 6) is 1.20. The Hall–Kier alpha value is -0.260. The van der Waals surface area contributed by atoms with Gasteiger partial charge in [0.1, 0.15) is 0 Å². The van der Waals surface area contributed by atoms with Crippen LogP contribution in [0.4, 0.5) is 5.13 Å². The fourth-order valence-corrected chi connectivity index (χ4v) is 4.68. The van der Waals surface area contributed by atoms with Gasteiger partial charge in [-0.05, 0) is 12.8 Å². The van der Waals surface area contributed by atoms with E-state index in [0.29, 0.717) is 10.8 Å². The average molecular weight is 328 g/mol. The molecule has 2 heterocycles. The molecule has 0 atom stereocenters. The Morgan fingerprint density at radius 2 is 2.10 bits per heavy atom. The summed E-state index contributed by atoms with van der Waals surface area (Å²) < 4.78 is 0.404. The SMILES string of the molecule is CCc1nc(N2CCSC(C)(C)CC2)sc1CNC(C)C. The van der Waals surface area contributed by atoms with Crippen molar-refractivity contribution in [2.24, 2.45) is 0 Å². The number of rotatable bonds is 5. The molecule has 5 heteroatoms. The van der Waals surface area contributed by atoms with Crippen molar-refractivity contribution in [3.8, 4) is 0 Å². The van der Waals surface area contributed by atoms with Crippen LogP contribution in [0.15, 0.2) is 0 Å². The van der Waals surface area contributed by atoms with Crippen LogP contribution in [0.25, 0.3) is 0 Å². The standard InChI is InChI=1S/C16H29N3S2/c1-6-13-14(11-17-12(2)3)21-15(18-13)19-8-7-16(4,5)20-10-9-19/h12,17H,6-11H2,1-5H3. The number of thioether (sulfide) groups is 1. The van der Waals surface area contributed by atoms with E-state index in [1.54, 1.807) is 0 Å². The van der Waals surface area contributed by atoms with Gasteiger partial charge in [0, 0.05) is 41.1 Å². The summed E-state index contributed by atoms with van der Waals surface area (Å²) in [7, 11) is 0. The number of hydrogen-bond donors (Lipinski definition) is 1. The number of thiazole rings is 1. The van der Waals surface area contributed by atoms with Crippen LogP contribution < -0.4 is 10.2 Å². The van der Waals surface area contributed by atoms with Gasteiger partial charge in [-0.3, -0.25) is 0 Å². The van der Waals surface area contributed by atoms with Crippen LogP contribution in [0.5, 0.6) is 0 Å². The van der Waals surface area contributed by atoms with Gasteiger partial charge in [-0.2, -0.15) is 11.8 Å². The second kappa shape index (κ2) is 7.34. The minimum absolute atomic E-state index is 0.404. The number of nitrogens with zero attached hydrogens (tertiary/aromatic N) is 2. The Kier molecular flexibility index (Phi) is 5.97. The van der Waals surface area contributed by atoms with E-state index < -0.39 is 0 Å². The van der Waals surface area contributed by atoms with Crippen molar-refractivity contribution in [1.29, 1.82) is 0 Å². The van der Waals surface area contributed by atoms with Crippen LogP contribution in [0.2, 0.25) is 0 Å². The van der Waals surface area contributed by atoms with E-state index in [1.807, 2.05) is 11.3 Å². The molecule has 1 aromatic rings. The highest BCUT2D eigenvalue weighted by Gasteiger charge is 2.25. The molecule has 120 valence electrons. The Morgan fingerprint density at radius 3 is 2.76 bits per heavy atom. The summed E-state index contributed by atoms with van der Waals surface area (Å²) in [6.07, 6.45) is 2.26. The number of anilines is 1. The van der Waals surface area contributed by atoms with Crippen molar-refractivity contribution in [2.45, 2.75) is 64.8 Å². The van der Waals surface area contributed by atoms with Gasteiger partial charge in [-0.25, -0.2) is 4.98 Å². The van der Waals surface area contributed by atoms with Crippen LogP contribution in [0.1, 0.15) is 51.6 Å². The van der Waals surface area contributed by atoms with Crippen LogP contribution in [0.3, 0.4) is 0 Å². The van der Waals surface area contributed by atoms with Crippen molar-refractivity contribution in [2.75, 3.05) is 23.7 Å². The molecule has 1 aliphatic heterocycles. The molecule has 3 nitrogen and oxygen atoms in total. The van der Waals surface area contributed by atoms with Crippen LogP contribution in [-0.2, 0) is 13.0 Å². The van der Waals surface area contributed by atoms with E-state index in [4.69, 9.17) is 4.98 Å². The van der Waals surface area contributed by atoms with Gasteiger partial charge in [0.15, 0.2) is 5.13 Å². The number of aromatic nitrogens is 1. The van der Waals surface area contributed by atoms with Gasteiger partial charge in [-0.15, -0.1) is 11.3 Å². The molecular weight excluding hydrogens is 298 g/mol. The quantitative estimate of drug-likeness (QED) is 0.887. The molecule has 0 aliphatic carbocycles. The maximum Gasteiger partial charge on any atom is 0.185 e. The summed E-state index contributed by atoms with van der Waals surface area (Å²) >= 11 is 3.98. The van der Waals surface area contributed by atoms with Crippen LogP contribution >= 0.6 is 23.1 Å². The van der Waals surface area contributed by atoms with Crippen molar-refractivity contribution in [3.05, 3.63) is 10.6 Å². The predicted octanol–water partition coefficient (Wildman–Crippen LogP) is 3.93. The fraction of sp³-hybridized carbons (Fsp3) is 0.812. The predicted molar refractivity (Wildman–Crippen MR) is 96.8 cm³/mol. The molecule has 0 bridgehead atoms. The Morgan fingerprint density at radius 1 is 1.33 bits per heavy atom. The van der Waals surface area contributed by atoms with E-state index in [0.717, 1.165) is 26.1 Å². The van der Waals surface area contributed by atoms with Gasteiger partial charge in [-0.1, -0.05) is 34.6 Å². The normalized spacial score (nSPS) is 19.0. The summed E-state index contributed by atoms with van der Waals surface area (Å²) in [4.78, 5) is 8.82. The first kappa shape index (κ1) is 17.1. The zero-order valence-corrected chi connectivity index (χ0v) is 15.7. The van der Waals surface area contributed by atoms with Gasteiger partial charge in [0.05, 0.1) is 5.69 Å². The third-order valence-electron chi connectivity index (χ3n) is 3.88. The Balaban J connectivity index is 2.09. The van der Waals surface area contributed by atoms with E-state index >= 15 is 0 Å². The first-order chi connectivity index (χ1) is 9.91. The van der Waals surface area contributed by atoms with E-state index in [-0.39, 0.29) is 0 Å². The molecule has 1 fully saturated rings. The molecule has 21 heavy (non-hydrogen) atoms. The first-order valence-corrected chi connectivity index (χ1v) is 9.82. The minimum Gasteiger partial charge on any atom is -0.347 e. The zero-order valence-electron chi connectivity index (χ0n) is 14.0. The number of aryl methyl sites for hydroxylation is 1. The zero-order chi connectivity index (χ0) is 15.5. The average Bonchev–Trinajstić information content (AvgIpc) is 2.74. The monoisotopic (exact) mass is 327 g/mol. The van der Waals surface area contributed by atoms with Gasteiger partial charge >= 0.3 is 0 Å². The van der Waals surface area contributed by atoms with Gasteiger partial charge < -0.3 is 10.2 Å². The number of nitrogens with one attached hydrogen (secondary N) is 1. The topological polar surface area (TPSA) is 28.2 Å². The molecule has 1 saturated heterocycles. The molecule has 1 aliphatic rings. The highest BCUT2D eigenvalue weighted by molar-refractivity contribution is 8.00. The second-order valence-corrected chi connectivity index (χ2v) is 9.46. The van der Waals surface area contributed by atoms with Crippen LogP contribution in [0, 0.1) is 0 Å². The lowest BCUT2D eigenvalue weighted by atomic mass is 10.1. The molecular formula is C16H29N3S2. The smallest absolute Gasteiger partial charge is 0.185 e. The number of hydrogen-bond acceptors (Lipinski definition) is 5. The van der Waals surface area contributed by atoms with Crippen molar-refractivity contribution < 1.29 is 0 Å². The Bertz CT molecular complexity index is 454. The minimum atomic E-state index is 0.404. The maximum absolute atomic E-state index is 4.91. The molecule has 0 radical (unpaired) electrons. The Labute approximate surface area is 137 Å². The summed E-state index contributed by atoms with van der Waals surface area (Å²) in [5.41, 5.74) is 1.28. The third-order valence-corrected chi connectivity index (χ3v) is 6.41. The molecule has 0 saturated carbocycles. The fourth-order valence-electron chi connectivity index (χ4n) is 2.43. The van der Waals surface area contributed by atoms with Gasteiger partial charge in [0.2, 0.25) is 0 Å². The molecule has 0 aromatic carbocycles. The van der Waals surface area contributed by atoms with Crippen molar-refractivity contribution in [3.63, 3.8) is 0 Å². The van der Waals surface area contributed by atoms with Crippen LogP contribution in [-0.4, -0.2) is 34.6 Å². The molecule has 0 unspecified atom stereocenters. The maximum atomic E-state index is 4.91. The largest absolute Gasteiger partial charge is 0.347 e. The molecule has 1 aromatic heterocycles. The summed E-state index contributed by atoms with van der Waals surface area (Å²) in [6, 6.07) is 0.524. The second-order valence-electron chi connectivity index (χ2n) is 6.60. The lowest BCUT2D eigenvalue weighted by Gasteiger charge is -2.22. The highest BCUT2D eigenvalue weighted by atomic mass is 32.2. The summed E-state index contributed by atoms with van der Waals surface area (Å²) in [5, 5.41) is 4.75. The molecule has 0 spiro atoms. The summed E-state index contributed by atoms with van der Waals surface area (Å²) in [6.45, 7) is 14.5. The lowest BCUT2D eigenvalue weighted by molar-refractivity contribution is 0.590.